The molecule has 2 atom stereocenters. The number of nitrogens with zero attached hydrogens (tertiary/aromatic N) is 5. The van der Waals surface area contributed by atoms with E-state index in [9.17, 15) is 9.59 Å². The molecule has 3 aromatic rings. The van der Waals surface area contributed by atoms with E-state index in [2.05, 4.69) is 22.0 Å². The fourth-order valence-corrected chi connectivity index (χ4v) is 4.85. The van der Waals surface area contributed by atoms with Crippen LogP contribution in [0, 0.1) is 17.3 Å². The number of nitrogens with two attached hydrogens (primary N) is 1. The normalized spacial score (nSPS) is 22.1. The highest BCUT2D eigenvalue weighted by atomic mass is 16.2. The smallest absolute Gasteiger partial charge is 0.269 e. The summed E-state index contributed by atoms with van der Waals surface area (Å²) in [4.78, 5) is 26.5. The molecule has 0 bridgehead atoms. The van der Waals surface area contributed by atoms with Crippen LogP contribution in [0.4, 0.5) is 0 Å². The molecule has 0 spiro atoms. The first kappa shape index (κ1) is 21.0. The van der Waals surface area contributed by atoms with Gasteiger partial charge in [0, 0.05) is 37.1 Å². The van der Waals surface area contributed by atoms with Crippen molar-refractivity contribution in [3.05, 3.63) is 65.2 Å². The molecule has 0 unspecified atom stereocenters. The summed E-state index contributed by atoms with van der Waals surface area (Å²) in [5.41, 5.74) is 8.78. The third-order valence-electron chi connectivity index (χ3n) is 6.66. The third kappa shape index (κ3) is 3.59. The van der Waals surface area contributed by atoms with Gasteiger partial charge in [0.1, 0.15) is 5.41 Å². The van der Waals surface area contributed by atoms with Crippen LogP contribution < -0.4 is 5.73 Å². The number of carbonyl (C=O) groups is 2. The SMILES string of the molecule is CN1CC[C@@](C)(C#Cc2cccc(-n3nc(C(N)=O)c4c3CCC[C@H]4n3cccn3)c2)C1=O. The molecule has 1 aromatic carbocycles. The minimum atomic E-state index is -0.661. The molecule has 2 aromatic heterocycles. The maximum atomic E-state index is 12.5. The zero-order valence-electron chi connectivity index (χ0n) is 18.8. The van der Waals surface area contributed by atoms with E-state index < -0.39 is 11.3 Å². The summed E-state index contributed by atoms with van der Waals surface area (Å²) >= 11 is 0. The van der Waals surface area contributed by atoms with E-state index in [1.54, 1.807) is 11.1 Å². The van der Waals surface area contributed by atoms with Crippen molar-refractivity contribution in [1.29, 1.82) is 0 Å². The molecule has 3 heterocycles. The first-order valence-corrected chi connectivity index (χ1v) is 11.2. The number of aromatic nitrogens is 4. The molecule has 1 aliphatic carbocycles. The van der Waals surface area contributed by atoms with E-state index >= 15 is 0 Å². The molecule has 0 saturated carbocycles. The number of primary amides is 1. The molecule has 33 heavy (non-hydrogen) atoms. The molecular weight excluding hydrogens is 416 g/mol. The van der Waals surface area contributed by atoms with Crippen molar-refractivity contribution >= 4 is 11.8 Å². The summed E-state index contributed by atoms with van der Waals surface area (Å²) in [6, 6.07) is 9.51. The summed E-state index contributed by atoms with van der Waals surface area (Å²) in [5.74, 6) is 5.89. The van der Waals surface area contributed by atoms with Crippen LogP contribution in [0.1, 0.15) is 59.5 Å². The van der Waals surface area contributed by atoms with Gasteiger partial charge >= 0.3 is 0 Å². The molecule has 168 valence electrons. The Balaban J connectivity index is 1.55. The van der Waals surface area contributed by atoms with Crippen molar-refractivity contribution in [3.8, 4) is 17.5 Å². The van der Waals surface area contributed by atoms with Crippen molar-refractivity contribution < 1.29 is 9.59 Å². The molecule has 2 N–H and O–H groups in total. The van der Waals surface area contributed by atoms with Crippen LogP contribution in [0.25, 0.3) is 5.69 Å². The average molecular weight is 443 g/mol. The number of rotatable bonds is 3. The fraction of sp³-hybridized carbons (Fsp3) is 0.360. The summed E-state index contributed by atoms with van der Waals surface area (Å²) in [6.45, 7) is 2.62. The number of likely N-dealkylation sites (tertiary alicyclic amines) is 1. The van der Waals surface area contributed by atoms with Crippen LogP contribution in [0.2, 0.25) is 0 Å². The first-order valence-electron chi connectivity index (χ1n) is 11.2. The van der Waals surface area contributed by atoms with Gasteiger partial charge in [0.05, 0.1) is 17.4 Å². The van der Waals surface area contributed by atoms with Crippen molar-refractivity contribution in [3.63, 3.8) is 0 Å². The van der Waals surface area contributed by atoms with Crippen LogP contribution >= 0.6 is 0 Å². The Morgan fingerprint density at radius 2 is 2.15 bits per heavy atom. The van der Waals surface area contributed by atoms with E-state index in [0.29, 0.717) is 0 Å². The van der Waals surface area contributed by atoms with Gasteiger partial charge in [-0.15, -0.1) is 0 Å². The zero-order valence-corrected chi connectivity index (χ0v) is 18.8. The topological polar surface area (TPSA) is 99.0 Å². The summed E-state index contributed by atoms with van der Waals surface area (Å²) in [7, 11) is 1.81. The quantitative estimate of drug-likeness (QED) is 0.629. The standard InChI is InChI=1S/C25H26N6O2/c1-25(12-15-29(2)24(25)33)11-10-17-6-3-7-18(16-17)31-20-9-4-8-19(30-14-5-13-27-30)21(20)22(28-31)23(26)32/h3,5-7,13-14,16,19H,4,8-9,12,15H2,1-2H3,(H2,26,32)/t19-,25-/m1/s1. The first-order chi connectivity index (χ1) is 15.9. The lowest BCUT2D eigenvalue weighted by Gasteiger charge is -2.24. The molecule has 1 aliphatic heterocycles. The highest BCUT2D eigenvalue weighted by Gasteiger charge is 2.39. The fourth-order valence-electron chi connectivity index (χ4n) is 4.85. The van der Waals surface area contributed by atoms with E-state index in [1.165, 1.54) is 0 Å². The number of hydrogen-bond donors (Lipinski definition) is 1. The second-order valence-corrected chi connectivity index (χ2v) is 8.99. The monoisotopic (exact) mass is 442 g/mol. The van der Waals surface area contributed by atoms with Gasteiger partial charge in [-0.1, -0.05) is 17.9 Å². The van der Waals surface area contributed by atoms with Gasteiger partial charge in [-0.25, -0.2) is 4.68 Å². The Morgan fingerprint density at radius 3 is 2.85 bits per heavy atom. The Hall–Kier alpha value is -3.86. The van der Waals surface area contributed by atoms with Crippen LogP contribution in [-0.4, -0.2) is 49.9 Å². The van der Waals surface area contributed by atoms with Gasteiger partial charge in [-0.2, -0.15) is 10.2 Å². The lowest BCUT2D eigenvalue weighted by atomic mass is 9.89. The Morgan fingerprint density at radius 1 is 1.30 bits per heavy atom. The lowest BCUT2D eigenvalue weighted by molar-refractivity contribution is -0.131. The molecular formula is C25H26N6O2. The van der Waals surface area contributed by atoms with Gasteiger partial charge in [-0.3, -0.25) is 14.3 Å². The van der Waals surface area contributed by atoms with Crippen LogP contribution in [0.5, 0.6) is 0 Å². The third-order valence-corrected chi connectivity index (χ3v) is 6.66. The van der Waals surface area contributed by atoms with E-state index in [1.807, 2.05) is 59.9 Å². The maximum Gasteiger partial charge on any atom is 0.269 e. The highest BCUT2D eigenvalue weighted by molar-refractivity contribution is 5.93. The Labute approximate surface area is 192 Å². The molecule has 2 amide bonds. The highest BCUT2D eigenvalue weighted by Crippen LogP contribution is 2.36. The molecule has 0 radical (unpaired) electrons. The maximum absolute atomic E-state index is 12.5. The number of hydrogen-bond acceptors (Lipinski definition) is 4. The summed E-state index contributed by atoms with van der Waals surface area (Å²) in [6.07, 6.45) is 6.97. The second-order valence-electron chi connectivity index (χ2n) is 8.99. The largest absolute Gasteiger partial charge is 0.364 e. The molecule has 8 heteroatoms. The summed E-state index contributed by atoms with van der Waals surface area (Å²) in [5, 5.41) is 9.02. The number of carbonyl (C=O) groups excluding carboxylic acids is 2. The van der Waals surface area contributed by atoms with Gasteiger partial charge in [-0.05, 0) is 56.9 Å². The Bertz CT molecular complexity index is 1300. The van der Waals surface area contributed by atoms with Crippen LogP contribution in [-0.2, 0) is 11.2 Å². The second kappa shape index (κ2) is 7.93. The lowest BCUT2D eigenvalue weighted by Crippen LogP contribution is -2.28. The number of fused-ring (bicyclic) bond motifs is 1. The zero-order chi connectivity index (χ0) is 23.2. The van der Waals surface area contributed by atoms with Crippen molar-refractivity contribution in [2.75, 3.05) is 13.6 Å². The van der Waals surface area contributed by atoms with Crippen molar-refractivity contribution in [2.24, 2.45) is 11.1 Å². The van der Waals surface area contributed by atoms with Gasteiger partial charge < -0.3 is 10.6 Å². The molecule has 5 rings (SSSR count). The van der Waals surface area contributed by atoms with Crippen LogP contribution in [0.3, 0.4) is 0 Å². The van der Waals surface area contributed by atoms with E-state index in [4.69, 9.17) is 5.73 Å². The summed E-state index contributed by atoms with van der Waals surface area (Å²) < 4.78 is 3.68. The average Bonchev–Trinajstić information content (AvgIpc) is 3.54. The van der Waals surface area contributed by atoms with E-state index in [0.717, 1.165) is 54.7 Å². The van der Waals surface area contributed by atoms with Crippen LogP contribution in [0.15, 0.2) is 42.7 Å². The molecule has 2 aliphatic rings. The van der Waals surface area contributed by atoms with Crippen molar-refractivity contribution in [1.82, 2.24) is 24.5 Å². The predicted molar refractivity (Wildman–Crippen MR) is 123 cm³/mol. The Kier molecular flexibility index (Phi) is 5.05. The van der Waals surface area contributed by atoms with Gasteiger partial charge in [0.15, 0.2) is 5.69 Å². The van der Waals surface area contributed by atoms with Gasteiger partial charge in [0.25, 0.3) is 5.91 Å². The number of amides is 2. The van der Waals surface area contributed by atoms with Gasteiger partial charge in [0.2, 0.25) is 5.91 Å². The minimum absolute atomic E-state index is 0.0584. The van der Waals surface area contributed by atoms with Crippen molar-refractivity contribution in [2.45, 2.75) is 38.6 Å². The minimum Gasteiger partial charge on any atom is -0.364 e. The molecule has 8 nitrogen and oxygen atoms in total. The predicted octanol–water partition coefficient (Wildman–Crippen LogP) is 2.31. The number of benzene rings is 1. The van der Waals surface area contributed by atoms with E-state index in [-0.39, 0.29) is 17.6 Å². The molecule has 1 saturated heterocycles. The molecule has 1 fully saturated rings.